The molecule has 1 aromatic carbocycles. The maximum absolute atomic E-state index is 12.8. The van der Waals surface area contributed by atoms with E-state index >= 15 is 0 Å². The number of benzene rings is 1. The molecule has 9 nitrogen and oxygen atoms in total. The van der Waals surface area contributed by atoms with Crippen LogP contribution >= 0.6 is 0 Å². The van der Waals surface area contributed by atoms with Gasteiger partial charge in [0, 0.05) is 39.3 Å². The highest BCUT2D eigenvalue weighted by Gasteiger charge is 2.32. The van der Waals surface area contributed by atoms with Gasteiger partial charge in [-0.1, -0.05) is 12.1 Å². The van der Waals surface area contributed by atoms with Crippen LogP contribution in [0.3, 0.4) is 0 Å². The molecule has 2 heterocycles. The van der Waals surface area contributed by atoms with Crippen LogP contribution in [0.25, 0.3) is 0 Å². The minimum absolute atomic E-state index is 0.0352. The monoisotopic (exact) mass is 387 g/mol. The first kappa shape index (κ1) is 18.8. The highest BCUT2D eigenvalue weighted by molar-refractivity contribution is 7.89. The Morgan fingerprint density at radius 1 is 1.11 bits per heavy atom. The molecule has 0 aliphatic carbocycles. The van der Waals surface area contributed by atoms with Crippen molar-refractivity contribution in [3.05, 3.63) is 58.0 Å². The minimum atomic E-state index is -3.82. The van der Waals surface area contributed by atoms with Crippen molar-refractivity contribution in [3.8, 4) is 6.07 Å². The van der Waals surface area contributed by atoms with Crippen molar-refractivity contribution >= 4 is 15.9 Å². The number of nitriles is 1. The molecule has 0 N–H and O–H groups in total. The van der Waals surface area contributed by atoms with Gasteiger partial charge in [-0.05, 0) is 18.2 Å². The Hall–Kier alpha value is -3.03. The lowest BCUT2D eigenvalue weighted by molar-refractivity contribution is 0.0689. The van der Waals surface area contributed by atoms with Gasteiger partial charge >= 0.3 is 0 Å². The second kappa shape index (κ2) is 7.30. The lowest BCUT2D eigenvalue weighted by atomic mass is 10.2. The van der Waals surface area contributed by atoms with E-state index in [2.05, 4.69) is 5.10 Å². The van der Waals surface area contributed by atoms with Crippen molar-refractivity contribution < 1.29 is 13.2 Å². The quantitative estimate of drug-likeness (QED) is 0.720. The largest absolute Gasteiger partial charge is 0.335 e. The fourth-order valence-electron chi connectivity index (χ4n) is 2.83. The first-order valence-corrected chi connectivity index (χ1v) is 9.61. The number of aryl methyl sites for hydroxylation is 1. The second-order valence-corrected chi connectivity index (χ2v) is 7.89. The topological polar surface area (TPSA) is 116 Å². The molecule has 1 saturated heterocycles. The number of rotatable bonds is 3. The summed E-state index contributed by atoms with van der Waals surface area (Å²) < 4.78 is 28.0. The standard InChI is InChI=1S/C17H17N5O4S/c1-20-16(23)7-6-14(19-20)17(24)21-8-10-22(11-9-21)27(25,26)15-5-3-2-4-13(15)12-18/h2-7H,8-11H2,1H3. The summed E-state index contributed by atoms with van der Waals surface area (Å²) in [5, 5.41) is 13.1. The third-order valence-corrected chi connectivity index (χ3v) is 6.29. The zero-order valence-corrected chi connectivity index (χ0v) is 15.4. The summed E-state index contributed by atoms with van der Waals surface area (Å²) >= 11 is 0. The van der Waals surface area contributed by atoms with Crippen molar-refractivity contribution in [2.45, 2.75) is 4.90 Å². The van der Waals surface area contributed by atoms with E-state index in [0.717, 1.165) is 4.68 Å². The summed E-state index contributed by atoms with van der Waals surface area (Å²) in [6.07, 6.45) is 0. The molecule has 1 amide bonds. The molecule has 27 heavy (non-hydrogen) atoms. The molecule has 0 radical (unpaired) electrons. The zero-order chi connectivity index (χ0) is 19.6. The van der Waals surface area contributed by atoms with E-state index in [0.29, 0.717) is 0 Å². The zero-order valence-electron chi connectivity index (χ0n) is 14.6. The van der Waals surface area contributed by atoms with Gasteiger partial charge < -0.3 is 4.90 Å². The predicted octanol–water partition coefficient (Wildman–Crippen LogP) is -0.201. The van der Waals surface area contributed by atoms with Crippen molar-refractivity contribution in [1.29, 1.82) is 5.26 Å². The Morgan fingerprint density at radius 3 is 2.41 bits per heavy atom. The van der Waals surface area contributed by atoms with E-state index in [1.165, 1.54) is 40.5 Å². The van der Waals surface area contributed by atoms with Gasteiger partial charge in [-0.25, -0.2) is 13.1 Å². The lowest BCUT2D eigenvalue weighted by Gasteiger charge is -2.33. The third-order valence-electron chi connectivity index (χ3n) is 4.33. The Labute approximate surface area is 156 Å². The highest BCUT2D eigenvalue weighted by Crippen LogP contribution is 2.21. The smallest absolute Gasteiger partial charge is 0.274 e. The molecule has 0 spiro atoms. The maximum Gasteiger partial charge on any atom is 0.274 e. The number of piperazine rings is 1. The summed E-state index contributed by atoms with van der Waals surface area (Å²) in [5.41, 5.74) is -0.104. The molecule has 140 valence electrons. The number of carbonyl (C=O) groups excluding carboxylic acids is 1. The van der Waals surface area contributed by atoms with Crippen LogP contribution in [0.2, 0.25) is 0 Å². The van der Waals surface area contributed by atoms with Crippen molar-refractivity contribution in [2.75, 3.05) is 26.2 Å². The molecular formula is C17H17N5O4S. The molecule has 2 aromatic rings. The number of hydrogen-bond acceptors (Lipinski definition) is 6. The minimum Gasteiger partial charge on any atom is -0.335 e. The SMILES string of the molecule is Cn1nc(C(=O)N2CCN(S(=O)(=O)c3ccccc3C#N)CC2)ccc1=O. The number of nitrogens with zero attached hydrogens (tertiary/aromatic N) is 5. The summed E-state index contributed by atoms with van der Waals surface area (Å²) in [5.74, 6) is -0.361. The van der Waals surface area contributed by atoms with Crippen LogP contribution in [-0.4, -0.2) is 59.5 Å². The van der Waals surface area contributed by atoms with E-state index in [1.807, 2.05) is 6.07 Å². The van der Waals surface area contributed by atoms with Crippen LogP contribution in [0.1, 0.15) is 16.1 Å². The van der Waals surface area contributed by atoms with Gasteiger partial charge in [0.25, 0.3) is 11.5 Å². The van der Waals surface area contributed by atoms with Gasteiger partial charge in [-0.3, -0.25) is 9.59 Å². The third kappa shape index (κ3) is 3.60. The van der Waals surface area contributed by atoms with E-state index < -0.39 is 10.0 Å². The van der Waals surface area contributed by atoms with Crippen molar-refractivity contribution in [2.24, 2.45) is 7.05 Å². The highest BCUT2D eigenvalue weighted by atomic mass is 32.2. The molecule has 0 bridgehead atoms. The number of aromatic nitrogens is 2. The van der Waals surface area contributed by atoms with Crippen LogP contribution in [0, 0.1) is 11.3 Å². The van der Waals surface area contributed by atoms with Crippen molar-refractivity contribution in [1.82, 2.24) is 19.0 Å². The molecule has 1 aliphatic heterocycles. The number of carbonyl (C=O) groups is 1. The Morgan fingerprint density at radius 2 is 1.78 bits per heavy atom. The first-order valence-electron chi connectivity index (χ1n) is 8.17. The average molecular weight is 387 g/mol. The molecular weight excluding hydrogens is 370 g/mol. The van der Waals surface area contributed by atoms with Crippen LogP contribution in [0.5, 0.6) is 0 Å². The molecule has 1 fully saturated rings. The average Bonchev–Trinajstić information content (AvgIpc) is 2.69. The maximum atomic E-state index is 12.8. The van der Waals surface area contributed by atoms with Crippen LogP contribution < -0.4 is 5.56 Å². The van der Waals surface area contributed by atoms with Crippen LogP contribution in [-0.2, 0) is 17.1 Å². The Bertz CT molecular complexity index is 1080. The van der Waals surface area contributed by atoms with E-state index in [-0.39, 0.29) is 53.8 Å². The Balaban J connectivity index is 1.75. The van der Waals surface area contributed by atoms with Gasteiger partial charge in [0.1, 0.15) is 11.8 Å². The molecule has 0 unspecified atom stereocenters. The summed E-state index contributed by atoms with van der Waals surface area (Å²) in [6.45, 7) is 0.605. The molecule has 3 rings (SSSR count). The second-order valence-electron chi connectivity index (χ2n) is 5.98. The van der Waals surface area contributed by atoms with E-state index in [4.69, 9.17) is 5.26 Å². The fraction of sp³-hybridized carbons (Fsp3) is 0.294. The lowest BCUT2D eigenvalue weighted by Crippen LogP contribution is -2.50. The van der Waals surface area contributed by atoms with Crippen molar-refractivity contribution in [3.63, 3.8) is 0 Å². The Kier molecular flexibility index (Phi) is 5.07. The number of hydrogen-bond donors (Lipinski definition) is 0. The molecule has 1 aromatic heterocycles. The molecule has 0 atom stereocenters. The van der Waals surface area contributed by atoms with Gasteiger partial charge in [0.05, 0.1) is 10.5 Å². The van der Waals surface area contributed by atoms with Gasteiger partial charge in [0.2, 0.25) is 10.0 Å². The number of sulfonamides is 1. The van der Waals surface area contributed by atoms with Gasteiger partial charge in [-0.2, -0.15) is 14.7 Å². The normalized spacial score (nSPS) is 15.3. The first-order chi connectivity index (χ1) is 12.8. The predicted molar refractivity (Wildman–Crippen MR) is 95.3 cm³/mol. The fourth-order valence-corrected chi connectivity index (χ4v) is 4.40. The van der Waals surface area contributed by atoms with Gasteiger partial charge in [0.15, 0.2) is 0 Å². The summed E-state index contributed by atoms with van der Waals surface area (Å²) in [6, 6.07) is 10.5. The summed E-state index contributed by atoms with van der Waals surface area (Å²) in [4.78, 5) is 25.4. The summed E-state index contributed by atoms with van der Waals surface area (Å²) in [7, 11) is -2.36. The van der Waals surface area contributed by atoms with Crippen LogP contribution in [0.4, 0.5) is 0 Å². The number of amides is 1. The molecule has 0 saturated carbocycles. The van der Waals surface area contributed by atoms with E-state index in [9.17, 15) is 18.0 Å². The van der Waals surface area contributed by atoms with Crippen LogP contribution in [0.15, 0.2) is 46.1 Å². The molecule has 10 heteroatoms. The van der Waals surface area contributed by atoms with E-state index in [1.54, 1.807) is 12.1 Å². The molecule has 1 aliphatic rings. The van der Waals surface area contributed by atoms with Gasteiger partial charge in [-0.15, -0.1) is 0 Å².